The molecule has 4 fully saturated rings. The number of ketones is 1. The number of Topliss-reactive ketones (excluding diaryl/α,β-unsaturated/α-hetero) is 1. The molecular weight excluding hydrogens is 807 g/mol. The summed E-state index contributed by atoms with van der Waals surface area (Å²) in [6, 6.07) is 0. The van der Waals surface area contributed by atoms with Gasteiger partial charge in [0.2, 0.25) is 10.4 Å². The molecule has 4 aliphatic rings. The molecule has 16 atom stereocenters. The van der Waals surface area contributed by atoms with Crippen molar-refractivity contribution in [3.05, 3.63) is 0 Å². The first-order valence-corrected chi connectivity index (χ1v) is 21.2. The SMILES string of the molecule is CC(=O)O[C@H]([C@@H](C)[C@H]1CC(=O)[C@H]2[C@@H]3[C@@H](OC(C)=O)[C@H](OC(C)=O)[C@H]4[C@H](OC(C)=O)[C@H](OC(C)=O)[C@@H](OS(=O)(=O)[O-])C[C@]4(C)[C@H]3CC[C@]12C)[C@H](OC(C)=O)[C@@H](C)C(C)C.[Na+]. The topological polar surface area (TPSA) is 241 Å². The van der Waals surface area contributed by atoms with Gasteiger partial charge in [-0.05, 0) is 53.8 Å². The molecule has 0 bridgehead atoms. The van der Waals surface area contributed by atoms with E-state index in [-0.39, 0.29) is 60.0 Å². The number of hydrogen-bond acceptors (Lipinski definition) is 17. The van der Waals surface area contributed by atoms with Crippen molar-refractivity contribution in [3.8, 4) is 0 Å². The zero-order valence-corrected chi connectivity index (χ0v) is 39.2. The van der Waals surface area contributed by atoms with E-state index in [4.69, 9.17) is 32.6 Å². The van der Waals surface area contributed by atoms with Gasteiger partial charge < -0.3 is 33.0 Å². The van der Waals surface area contributed by atoms with Crippen LogP contribution in [0.5, 0.6) is 0 Å². The van der Waals surface area contributed by atoms with Crippen LogP contribution >= 0.6 is 0 Å². The van der Waals surface area contributed by atoms with Crippen LogP contribution in [0.2, 0.25) is 0 Å². The summed E-state index contributed by atoms with van der Waals surface area (Å²) in [7, 11) is -5.45. The molecule has 0 aliphatic heterocycles. The summed E-state index contributed by atoms with van der Waals surface area (Å²) >= 11 is 0. The molecule has 0 aromatic rings. The predicted octanol–water partition coefficient (Wildman–Crippen LogP) is 0.632. The summed E-state index contributed by atoms with van der Waals surface area (Å²) in [4.78, 5) is 91.1. The molecule has 0 amide bonds. The minimum atomic E-state index is -5.45. The molecule has 0 aromatic carbocycles. The maximum absolute atomic E-state index is 14.8. The van der Waals surface area contributed by atoms with Crippen molar-refractivity contribution in [1.29, 1.82) is 0 Å². The zero-order chi connectivity index (χ0) is 44.0. The number of rotatable bonds is 13. The molecule has 0 saturated heterocycles. The monoisotopic (exact) mass is 866 g/mol. The van der Waals surface area contributed by atoms with Crippen molar-refractivity contribution in [2.45, 2.75) is 151 Å². The summed E-state index contributed by atoms with van der Waals surface area (Å²) < 4.78 is 76.7. The Kier molecular flexibility index (Phi) is 16.5. The van der Waals surface area contributed by atoms with Crippen molar-refractivity contribution in [1.82, 2.24) is 0 Å². The van der Waals surface area contributed by atoms with E-state index >= 15 is 0 Å². The van der Waals surface area contributed by atoms with Crippen molar-refractivity contribution >= 4 is 52.0 Å². The molecule has 0 unspecified atom stereocenters. The third kappa shape index (κ3) is 10.7. The van der Waals surface area contributed by atoms with Crippen LogP contribution in [-0.2, 0) is 76.6 Å². The normalized spacial score (nSPS) is 35.8. The molecule has 0 radical (unpaired) electrons. The Bertz CT molecular complexity index is 1750. The maximum Gasteiger partial charge on any atom is 1.00 e. The molecule has 4 aliphatic carbocycles. The summed E-state index contributed by atoms with van der Waals surface area (Å²) in [5.41, 5.74) is -2.16. The van der Waals surface area contributed by atoms with Gasteiger partial charge in [-0.3, -0.25) is 37.7 Å². The van der Waals surface area contributed by atoms with E-state index in [9.17, 15) is 46.5 Å². The molecule has 0 spiro atoms. The standard InChI is InChI=1S/C40H60O17S.Na/c1-17(2)18(3)33(51-20(5)41)34(52-21(6)42)19(4)27-15-28(47)31-30-26(13-14-39(27,31)11)40(12)16-29(57-58(48,49)50)35(53-22(7)43)37(55-24(9)45)32(40)38(56-25(10)46)36(30)54-23(8)44;/h17-19,26-27,29-38H,13-16H2,1-12H3,(H,48,49,50);/q;+1/p-1/t18-,19-,26-,27+,29-,30+,31-,32+,33+,34+,35+,36+,37-,38+,39+,40+;/m0./s1. The molecule has 19 heteroatoms. The van der Waals surface area contributed by atoms with E-state index in [1.165, 1.54) is 13.8 Å². The minimum absolute atomic E-state index is 0. The minimum Gasteiger partial charge on any atom is -0.726 e. The van der Waals surface area contributed by atoms with Crippen LogP contribution in [0.1, 0.15) is 109 Å². The predicted molar refractivity (Wildman–Crippen MR) is 198 cm³/mol. The molecule has 4 saturated carbocycles. The average Bonchev–Trinajstić information content (AvgIpc) is 3.33. The fourth-order valence-electron chi connectivity index (χ4n) is 11.4. The largest absolute Gasteiger partial charge is 1.00 e. The van der Waals surface area contributed by atoms with Crippen LogP contribution in [0.15, 0.2) is 0 Å². The molecular formula is C40H59NaO17S. The number of ether oxygens (including phenoxy) is 6. The van der Waals surface area contributed by atoms with E-state index in [1.807, 2.05) is 34.6 Å². The molecule has 0 heterocycles. The van der Waals surface area contributed by atoms with Gasteiger partial charge in [0, 0.05) is 71.6 Å². The summed E-state index contributed by atoms with van der Waals surface area (Å²) in [6.45, 7) is 18.2. The molecule has 0 N–H and O–H groups in total. The van der Waals surface area contributed by atoms with Crippen molar-refractivity contribution in [3.63, 3.8) is 0 Å². The quantitative estimate of drug-likeness (QED) is 0.0811. The van der Waals surface area contributed by atoms with E-state index in [0.29, 0.717) is 12.8 Å². The average molecular weight is 867 g/mol. The van der Waals surface area contributed by atoms with Crippen molar-refractivity contribution < 1.29 is 109 Å². The number of hydrogen-bond donors (Lipinski definition) is 0. The van der Waals surface area contributed by atoms with Gasteiger partial charge in [0.1, 0.15) is 42.4 Å². The summed E-state index contributed by atoms with van der Waals surface area (Å²) in [5.74, 6) is -9.64. The molecule has 328 valence electrons. The fourth-order valence-corrected chi connectivity index (χ4v) is 11.9. The Morgan fingerprint density at radius 2 is 1.15 bits per heavy atom. The fraction of sp³-hybridized carbons (Fsp3) is 0.825. The van der Waals surface area contributed by atoms with Crippen LogP contribution in [0, 0.1) is 58.2 Å². The van der Waals surface area contributed by atoms with E-state index in [0.717, 1.165) is 27.7 Å². The molecule has 59 heavy (non-hydrogen) atoms. The van der Waals surface area contributed by atoms with Gasteiger partial charge in [-0.1, -0.05) is 41.5 Å². The zero-order valence-electron chi connectivity index (χ0n) is 36.3. The first-order valence-electron chi connectivity index (χ1n) is 19.8. The van der Waals surface area contributed by atoms with E-state index in [2.05, 4.69) is 0 Å². The smallest absolute Gasteiger partial charge is 0.726 e. The molecule has 17 nitrogen and oxygen atoms in total. The second-order valence-electron chi connectivity index (χ2n) is 17.7. The Labute approximate surface area is 368 Å². The second kappa shape index (κ2) is 19.2. The van der Waals surface area contributed by atoms with Gasteiger partial charge in [-0.15, -0.1) is 0 Å². The third-order valence-electron chi connectivity index (χ3n) is 13.6. The second-order valence-corrected chi connectivity index (χ2v) is 18.7. The van der Waals surface area contributed by atoms with Gasteiger partial charge in [-0.25, -0.2) is 8.42 Å². The Hall–Kier alpha value is -2.64. The number of esters is 6. The van der Waals surface area contributed by atoms with Gasteiger partial charge in [0.05, 0.1) is 0 Å². The van der Waals surface area contributed by atoms with Gasteiger partial charge in [-0.2, -0.15) is 0 Å². The van der Waals surface area contributed by atoms with E-state index in [1.54, 1.807) is 6.92 Å². The van der Waals surface area contributed by atoms with Crippen molar-refractivity contribution in [2.75, 3.05) is 0 Å². The van der Waals surface area contributed by atoms with Crippen LogP contribution in [-0.4, -0.2) is 97.3 Å². The number of fused-ring (bicyclic) bond motifs is 5. The van der Waals surface area contributed by atoms with Crippen molar-refractivity contribution in [2.24, 2.45) is 58.2 Å². The van der Waals surface area contributed by atoms with Crippen LogP contribution in [0.3, 0.4) is 0 Å². The summed E-state index contributed by atoms with van der Waals surface area (Å²) in [6.07, 6.45) is -9.15. The van der Waals surface area contributed by atoms with Crippen LogP contribution < -0.4 is 29.6 Å². The van der Waals surface area contributed by atoms with E-state index < -0.39 is 135 Å². The Balaban J connectivity index is 0.00000930. The third-order valence-corrected chi connectivity index (χ3v) is 14.1. The van der Waals surface area contributed by atoms with Gasteiger partial charge in [0.15, 0.2) is 6.10 Å². The summed E-state index contributed by atoms with van der Waals surface area (Å²) in [5, 5.41) is 0. The molecule has 4 rings (SSSR count). The number of carbonyl (C=O) groups is 7. The maximum atomic E-state index is 14.8. The first-order chi connectivity index (χ1) is 26.6. The Morgan fingerprint density at radius 3 is 1.61 bits per heavy atom. The van der Waals surface area contributed by atoms with Gasteiger partial charge >= 0.3 is 65.4 Å². The van der Waals surface area contributed by atoms with Gasteiger partial charge in [0.25, 0.3) is 0 Å². The number of carbonyl (C=O) groups excluding carboxylic acids is 7. The first kappa shape index (κ1) is 50.7. The Morgan fingerprint density at radius 1 is 0.695 bits per heavy atom. The van der Waals surface area contributed by atoms with Crippen LogP contribution in [0.4, 0.5) is 0 Å². The van der Waals surface area contributed by atoms with Crippen LogP contribution in [0.25, 0.3) is 0 Å². The molecule has 0 aromatic heterocycles.